The maximum Gasteiger partial charge on any atom is 0.258 e. The predicted octanol–water partition coefficient (Wildman–Crippen LogP) is 3.43. The number of fused-ring (bicyclic) bond motifs is 3. The van der Waals surface area contributed by atoms with Crippen molar-refractivity contribution in [3.8, 4) is 0 Å². The Kier molecular flexibility index (Phi) is 4.65. The van der Waals surface area contributed by atoms with Crippen LogP contribution in [-0.2, 0) is 9.59 Å². The average Bonchev–Trinajstić information content (AvgIpc) is 3.01. The van der Waals surface area contributed by atoms with Crippen LogP contribution in [0, 0.1) is 0 Å². The van der Waals surface area contributed by atoms with Gasteiger partial charge in [0.25, 0.3) is 5.91 Å². The summed E-state index contributed by atoms with van der Waals surface area (Å²) in [6.45, 7) is 5.69. The van der Waals surface area contributed by atoms with E-state index in [-0.39, 0.29) is 30.3 Å². The van der Waals surface area contributed by atoms with E-state index in [2.05, 4.69) is 0 Å². The van der Waals surface area contributed by atoms with E-state index in [9.17, 15) is 14.4 Å². The average molecular weight is 391 g/mol. The fourth-order valence-corrected chi connectivity index (χ4v) is 4.47. The van der Waals surface area contributed by atoms with E-state index < -0.39 is 5.66 Å². The van der Waals surface area contributed by atoms with Gasteiger partial charge >= 0.3 is 0 Å². The number of benzene rings is 2. The number of anilines is 2. The molecule has 0 spiro atoms. The highest BCUT2D eigenvalue weighted by Gasteiger charge is 2.53. The number of para-hydroxylation sites is 2. The van der Waals surface area contributed by atoms with Crippen LogP contribution in [0.2, 0.25) is 0 Å². The van der Waals surface area contributed by atoms with Crippen LogP contribution in [0.3, 0.4) is 0 Å². The van der Waals surface area contributed by atoms with Crippen molar-refractivity contribution in [2.24, 2.45) is 0 Å². The van der Waals surface area contributed by atoms with Crippen molar-refractivity contribution in [3.63, 3.8) is 0 Å². The zero-order chi connectivity index (χ0) is 20.8. The SMILES string of the molecule is CC(C)N(C(=O)CN1C(=O)c2ccccc2N2C(=O)CC[C@@]12C)c1ccccc1. The van der Waals surface area contributed by atoms with Gasteiger partial charge in [0.05, 0.1) is 11.3 Å². The molecule has 1 atom stereocenters. The van der Waals surface area contributed by atoms with E-state index in [4.69, 9.17) is 0 Å². The molecule has 2 aromatic rings. The topological polar surface area (TPSA) is 60.9 Å². The molecule has 0 bridgehead atoms. The van der Waals surface area contributed by atoms with Crippen LogP contribution in [0.25, 0.3) is 0 Å². The van der Waals surface area contributed by atoms with E-state index in [0.29, 0.717) is 24.1 Å². The normalized spacial score (nSPS) is 20.7. The molecule has 1 fully saturated rings. The summed E-state index contributed by atoms with van der Waals surface area (Å²) in [5, 5.41) is 0. The molecule has 29 heavy (non-hydrogen) atoms. The lowest BCUT2D eigenvalue weighted by atomic mass is 9.98. The Bertz CT molecular complexity index is 972. The summed E-state index contributed by atoms with van der Waals surface area (Å²) in [6.07, 6.45) is 0.863. The fourth-order valence-electron chi connectivity index (χ4n) is 4.47. The first kappa shape index (κ1) is 19.2. The summed E-state index contributed by atoms with van der Waals surface area (Å²) in [4.78, 5) is 44.3. The monoisotopic (exact) mass is 391 g/mol. The van der Waals surface area contributed by atoms with Gasteiger partial charge in [0.15, 0.2) is 0 Å². The highest BCUT2D eigenvalue weighted by molar-refractivity contribution is 6.11. The lowest BCUT2D eigenvalue weighted by Crippen LogP contribution is -2.64. The van der Waals surface area contributed by atoms with Crippen LogP contribution in [0.5, 0.6) is 0 Å². The number of carbonyl (C=O) groups excluding carboxylic acids is 3. The molecule has 2 heterocycles. The molecule has 6 heteroatoms. The Morgan fingerprint density at radius 3 is 2.41 bits per heavy atom. The summed E-state index contributed by atoms with van der Waals surface area (Å²) in [5.41, 5.74) is 1.05. The van der Waals surface area contributed by atoms with Gasteiger partial charge in [-0.1, -0.05) is 30.3 Å². The minimum atomic E-state index is -0.836. The molecule has 2 aliphatic heterocycles. The largest absolute Gasteiger partial charge is 0.308 e. The van der Waals surface area contributed by atoms with Crippen LogP contribution in [0.1, 0.15) is 44.0 Å². The first-order valence-electron chi connectivity index (χ1n) is 9.96. The first-order valence-corrected chi connectivity index (χ1v) is 9.96. The predicted molar refractivity (Wildman–Crippen MR) is 112 cm³/mol. The van der Waals surface area contributed by atoms with Gasteiger partial charge in [-0.25, -0.2) is 0 Å². The van der Waals surface area contributed by atoms with Crippen LogP contribution in [0.4, 0.5) is 11.4 Å². The van der Waals surface area contributed by atoms with Crippen molar-refractivity contribution >= 4 is 29.1 Å². The van der Waals surface area contributed by atoms with Crippen LogP contribution in [0.15, 0.2) is 54.6 Å². The number of rotatable bonds is 4. The molecule has 0 saturated carbocycles. The van der Waals surface area contributed by atoms with Gasteiger partial charge in [-0.2, -0.15) is 0 Å². The molecule has 0 aromatic heterocycles. The lowest BCUT2D eigenvalue weighted by Gasteiger charge is -2.48. The lowest BCUT2D eigenvalue weighted by molar-refractivity contribution is -0.122. The molecule has 2 aromatic carbocycles. The van der Waals surface area contributed by atoms with Gasteiger partial charge in [0.2, 0.25) is 11.8 Å². The number of hydrogen-bond acceptors (Lipinski definition) is 3. The molecule has 0 N–H and O–H groups in total. The van der Waals surface area contributed by atoms with E-state index >= 15 is 0 Å². The van der Waals surface area contributed by atoms with Crippen molar-refractivity contribution in [2.45, 2.75) is 45.3 Å². The zero-order valence-corrected chi connectivity index (χ0v) is 17.0. The summed E-state index contributed by atoms with van der Waals surface area (Å²) < 4.78 is 0. The summed E-state index contributed by atoms with van der Waals surface area (Å²) in [7, 11) is 0. The number of carbonyl (C=O) groups is 3. The molecular weight excluding hydrogens is 366 g/mol. The van der Waals surface area contributed by atoms with Crippen LogP contribution < -0.4 is 9.80 Å². The molecule has 0 unspecified atom stereocenters. The van der Waals surface area contributed by atoms with Gasteiger partial charge in [-0.05, 0) is 51.5 Å². The molecule has 1 saturated heterocycles. The highest BCUT2D eigenvalue weighted by Crippen LogP contribution is 2.44. The third-order valence-corrected chi connectivity index (χ3v) is 5.86. The fraction of sp³-hybridized carbons (Fsp3) is 0.348. The molecule has 3 amide bonds. The van der Waals surface area contributed by atoms with Crippen molar-refractivity contribution in [1.82, 2.24) is 4.90 Å². The number of amides is 3. The Morgan fingerprint density at radius 2 is 1.72 bits per heavy atom. The van der Waals surface area contributed by atoms with Gasteiger partial charge in [0.1, 0.15) is 12.2 Å². The van der Waals surface area contributed by atoms with Crippen molar-refractivity contribution in [1.29, 1.82) is 0 Å². The Morgan fingerprint density at radius 1 is 1.07 bits per heavy atom. The second-order valence-electron chi connectivity index (χ2n) is 8.05. The second kappa shape index (κ2) is 7.03. The Hall–Kier alpha value is -3.15. The summed E-state index contributed by atoms with van der Waals surface area (Å²) >= 11 is 0. The molecule has 150 valence electrons. The van der Waals surface area contributed by atoms with E-state index in [1.54, 1.807) is 32.9 Å². The standard InChI is InChI=1S/C23H25N3O3/c1-16(2)25(17-9-5-4-6-10-17)21(28)15-24-22(29)18-11-7-8-12-19(18)26-20(27)13-14-23(24,26)3/h4-12,16H,13-15H2,1-3H3/t23-/m0/s1. The molecule has 4 rings (SSSR count). The quantitative estimate of drug-likeness (QED) is 0.802. The minimum absolute atomic E-state index is 0.0197. The Labute approximate surface area is 170 Å². The van der Waals surface area contributed by atoms with Gasteiger partial charge in [0, 0.05) is 18.2 Å². The van der Waals surface area contributed by atoms with Crippen molar-refractivity contribution < 1.29 is 14.4 Å². The van der Waals surface area contributed by atoms with Gasteiger partial charge < -0.3 is 9.80 Å². The number of nitrogens with zero attached hydrogens (tertiary/aromatic N) is 3. The molecule has 6 nitrogen and oxygen atoms in total. The van der Waals surface area contributed by atoms with Crippen LogP contribution in [-0.4, -0.2) is 40.9 Å². The van der Waals surface area contributed by atoms with Gasteiger partial charge in [-0.15, -0.1) is 0 Å². The molecular formula is C23H25N3O3. The van der Waals surface area contributed by atoms with E-state index in [1.165, 1.54) is 0 Å². The van der Waals surface area contributed by atoms with E-state index in [1.807, 2.05) is 57.2 Å². The number of hydrogen-bond donors (Lipinski definition) is 0. The van der Waals surface area contributed by atoms with Crippen LogP contribution >= 0.6 is 0 Å². The molecule has 2 aliphatic rings. The third kappa shape index (κ3) is 2.99. The molecule has 0 radical (unpaired) electrons. The zero-order valence-electron chi connectivity index (χ0n) is 17.0. The smallest absolute Gasteiger partial charge is 0.258 e. The maximum absolute atomic E-state index is 13.4. The highest BCUT2D eigenvalue weighted by atomic mass is 16.2. The first-order chi connectivity index (χ1) is 13.8. The summed E-state index contributed by atoms with van der Waals surface area (Å²) in [5.74, 6) is -0.396. The Balaban J connectivity index is 1.72. The van der Waals surface area contributed by atoms with Gasteiger partial charge in [-0.3, -0.25) is 19.3 Å². The van der Waals surface area contributed by atoms with E-state index in [0.717, 1.165) is 5.69 Å². The second-order valence-corrected chi connectivity index (χ2v) is 8.05. The maximum atomic E-state index is 13.4. The summed E-state index contributed by atoms with van der Waals surface area (Å²) in [6, 6.07) is 16.5. The van der Waals surface area contributed by atoms with Crippen molar-refractivity contribution in [2.75, 3.05) is 16.3 Å². The van der Waals surface area contributed by atoms with Crippen molar-refractivity contribution in [3.05, 3.63) is 60.2 Å². The minimum Gasteiger partial charge on any atom is -0.308 e. The molecule has 0 aliphatic carbocycles. The third-order valence-electron chi connectivity index (χ3n) is 5.86.